The minimum absolute atomic E-state index is 0.0717. The number of aromatic nitrogens is 1. The summed E-state index contributed by atoms with van der Waals surface area (Å²) in [6, 6.07) is 12.5. The van der Waals surface area contributed by atoms with Gasteiger partial charge in [-0.2, -0.15) is 0 Å². The van der Waals surface area contributed by atoms with Gasteiger partial charge in [0.25, 0.3) is 5.91 Å². The Labute approximate surface area is 183 Å². The summed E-state index contributed by atoms with van der Waals surface area (Å²) in [5, 5.41) is 7.40. The van der Waals surface area contributed by atoms with Gasteiger partial charge >= 0.3 is 6.03 Å². The third-order valence-corrected chi connectivity index (χ3v) is 4.42. The zero-order chi connectivity index (χ0) is 23.3. The number of hydrogen-bond acceptors (Lipinski definition) is 4. The standard InChI is InChI=1S/C23H22F2N4O3/c1-23(2,25)14-5-4-6-15(11-14)28-22(31)29-19-8-7-16(12-18(19)24)32-17-9-10-27-20(13-17)21(30)26-3/h4-13H,1-3H3,(H,26,30)(H2,28,29,31). The molecule has 3 amide bonds. The highest BCUT2D eigenvalue weighted by Gasteiger charge is 2.19. The summed E-state index contributed by atoms with van der Waals surface area (Å²) in [4.78, 5) is 27.8. The normalized spacial score (nSPS) is 10.9. The minimum atomic E-state index is -1.56. The molecular formula is C23H22F2N4O3. The zero-order valence-corrected chi connectivity index (χ0v) is 17.7. The molecule has 166 valence electrons. The van der Waals surface area contributed by atoms with Gasteiger partial charge in [-0.05, 0) is 49.7 Å². The van der Waals surface area contributed by atoms with Crippen LogP contribution in [0.4, 0.5) is 25.0 Å². The molecule has 1 heterocycles. The Kier molecular flexibility index (Phi) is 6.67. The van der Waals surface area contributed by atoms with Crippen LogP contribution in [0.15, 0.2) is 60.8 Å². The predicted octanol–water partition coefficient (Wildman–Crippen LogP) is 5.22. The largest absolute Gasteiger partial charge is 0.457 e. The Morgan fingerprint density at radius 2 is 1.75 bits per heavy atom. The number of ether oxygens (including phenoxy) is 1. The third-order valence-electron chi connectivity index (χ3n) is 4.42. The van der Waals surface area contributed by atoms with Crippen LogP contribution in [0.1, 0.15) is 29.9 Å². The van der Waals surface area contributed by atoms with Gasteiger partial charge in [-0.15, -0.1) is 0 Å². The molecule has 0 aliphatic carbocycles. The van der Waals surface area contributed by atoms with E-state index >= 15 is 0 Å². The van der Waals surface area contributed by atoms with Crippen molar-refractivity contribution in [2.45, 2.75) is 19.5 Å². The molecule has 0 aliphatic rings. The second kappa shape index (κ2) is 9.42. The Bertz CT molecular complexity index is 1150. The molecule has 32 heavy (non-hydrogen) atoms. The molecule has 0 aliphatic heterocycles. The van der Waals surface area contributed by atoms with Gasteiger partial charge in [-0.3, -0.25) is 9.78 Å². The fourth-order valence-corrected chi connectivity index (χ4v) is 2.78. The summed E-state index contributed by atoms with van der Waals surface area (Å²) in [5.74, 6) is -0.641. The molecule has 1 aromatic heterocycles. The number of alkyl halides is 1. The number of benzene rings is 2. The molecule has 9 heteroatoms. The molecule has 0 radical (unpaired) electrons. The minimum Gasteiger partial charge on any atom is -0.457 e. The van der Waals surface area contributed by atoms with Gasteiger partial charge in [0.1, 0.15) is 28.7 Å². The van der Waals surface area contributed by atoms with Gasteiger partial charge in [0, 0.05) is 31.1 Å². The lowest BCUT2D eigenvalue weighted by molar-refractivity contribution is 0.0957. The average molecular weight is 440 g/mol. The summed E-state index contributed by atoms with van der Waals surface area (Å²) in [6.07, 6.45) is 1.40. The van der Waals surface area contributed by atoms with Crippen molar-refractivity contribution in [3.63, 3.8) is 0 Å². The SMILES string of the molecule is CNC(=O)c1cc(Oc2ccc(NC(=O)Nc3cccc(C(C)(C)F)c3)c(F)c2)ccn1. The maximum atomic E-state index is 14.5. The van der Waals surface area contributed by atoms with Gasteiger partial charge in [-0.1, -0.05) is 12.1 Å². The van der Waals surface area contributed by atoms with Crippen molar-refractivity contribution in [3.05, 3.63) is 77.9 Å². The lowest BCUT2D eigenvalue weighted by Crippen LogP contribution is -2.20. The van der Waals surface area contributed by atoms with Crippen molar-refractivity contribution < 1.29 is 23.1 Å². The highest BCUT2D eigenvalue weighted by atomic mass is 19.1. The highest BCUT2D eigenvalue weighted by molar-refractivity contribution is 5.99. The van der Waals surface area contributed by atoms with Crippen LogP contribution >= 0.6 is 0 Å². The molecule has 0 atom stereocenters. The van der Waals surface area contributed by atoms with Crippen molar-refractivity contribution in [2.24, 2.45) is 0 Å². The smallest absolute Gasteiger partial charge is 0.323 e. The van der Waals surface area contributed by atoms with Crippen LogP contribution in [-0.4, -0.2) is 24.0 Å². The molecule has 3 aromatic rings. The Morgan fingerprint density at radius 1 is 1.00 bits per heavy atom. The number of amides is 3. The van der Waals surface area contributed by atoms with Crippen LogP contribution in [-0.2, 0) is 5.67 Å². The number of anilines is 2. The average Bonchev–Trinajstić information content (AvgIpc) is 2.75. The molecule has 2 aromatic carbocycles. The fraction of sp³-hybridized carbons (Fsp3) is 0.174. The van der Waals surface area contributed by atoms with E-state index in [9.17, 15) is 18.4 Å². The first-order chi connectivity index (χ1) is 15.2. The van der Waals surface area contributed by atoms with Crippen molar-refractivity contribution >= 4 is 23.3 Å². The number of pyridine rings is 1. The highest BCUT2D eigenvalue weighted by Crippen LogP contribution is 2.28. The summed E-state index contributed by atoms with van der Waals surface area (Å²) < 4.78 is 34.2. The van der Waals surface area contributed by atoms with E-state index in [4.69, 9.17) is 4.74 Å². The van der Waals surface area contributed by atoms with Crippen molar-refractivity contribution in [1.82, 2.24) is 10.3 Å². The van der Waals surface area contributed by atoms with Crippen LogP contribution < -0.4 is 20.7 Å². The molecule has 3 rings (SSSR count). The molecule has 3 N–H and O–H groups in total. The summed E-state index contributed by atoms with van der Waals surface area (Å²) in [5.41, 5.74) is -0.709. The second-order valence-corrected chi connectivity index (χ2v) is 7.33. The monoisotopic (exact) mass is 440 g/mol. The number of carbonyl (C=O) groups excluding carboxylic acids is 2. The lowest BCUT2D eigenvalue weighted by Gasteiger charge is -2.16. The number of nitrogens with zero attached hydrogens (tertiary/aromatic N) is 1. The van der Waals surface area contributed by atoms with Crippen LogP contribution in [0.3, 0.4) is 0 Å². The Hall–Kier alpha value is -4.01. The maximum Gasteiger partial charge on any atom is 0.323 e. The number of nitrogens with one attached hydrogen (secondary N) is 3. The summed E-state index contributed by atoms with van der Waals surface area (Å²) in [7, 11) is 1.48. The zero-order valence-electron chi connectivity index (χ0n) is 17.7. The lowest BCUT2D eigenvalue weighted by atomic mass is 10.00. The second-order valence-electron chi connectivity index (χ2n) is 7.33. The first kappa shape index (κ1) is 22.7. The van der Waals surface area contributed by atoms with Crippen LogP contribution in [0, 0.1) is 5.82 Å². The number of halogens is 2. The maximum absolute atomic E-state index is 14.5. The van der Waals surface area contributed by atoms with Crippen LogP contribution in [0.25, 0.3) is 0 Å². The summed E-state index contributed by atoms with van der Waals surface area (Å²) >= 11 is 0. The predicted molar refractivity (Wildman–Crippen MR) is 117 cm³/mol. The van der Waals surface area contributed by atoms with E-state index in [0.29, 0.717) is 17.0 Å². The van der Waals surface area contributed by atoms with Gasteiger partial charge < -0.3 is 20.7 Å². The van der Waals surface area contributed by atoms with Crippen LogP contribution in [0.2, 0.25) is 0 Å². The van der Waals surface area contributed by atoms with E-state index in [1.54, 1.807) is 18.2 Å². The molecule has 0 spiro atoms. The van der Waals surface area contributed by atoms with Gasteiger partial charge in [0.05, 0.1) is 5.69 Å². The van der Waals surface area contributed by atoms with E-state index in [2.05, 4.69) is 20.9 Å². The topological polar surface area (TPSA) is 92.4 Å². The van der Waals surface area contributed by atoms with Gasteiger partial charge in [0.2, 0.25) is 0 Å². The quantitative estimate of drug-likeness (QED) is 0.490. The van der Waals surface area contributed by atoms with Gasteiger partial charge in [-0.25, -0.2) is 13.6 Å². The molecular weight excluding hydrogens is 418 g/mol. The summed E-state index contributed by atoms with van der Waals surface area (Å²) in [6.45, 7) is 2.83. The third kappa shape index (κ3) is 5.78. The molecule has 0 fully saturated rings. The van der Waals surface area contributed by atoms with E-state index in [1.807, 2.05) is 0 Å². The number of hydrogen-bond donors (Lipinski definition) is 3. The van der Waals surface area contributed by atoms with E-state index in [1.165, 1.54) is 57.4 Å². The molecule has 7 nitrogen and oxygen atoms in total. The first-order valence-corrected chi connectivity index (χ1v) is 9.69. The van der Waals surface area contributed by atoms with Gasteiger partial charge in [0.15, 0.2) is 0 Å². The van der Waals surface area contributed by atoms with E-state index in [0.717, 1.165) is 6.07 Å². The number of rotatable bonds is 6. The number of carbonyl (C=O) groups is 2. The molecule has 0 bridgehead atoms. The molecule has 0 saturated heterocycles. The Balaban J connectivity index is 1.67. The van der Waals surface area contributed by atoms with Crippen molar-refractivity contribution in [1.29, 1.82) is 0 Å². The fourth-order valence-electron chi connectivity index (χ4n) is 2.78. The van der Waals surface area contributed by atoms with Crippen molar-refractivity contribution in [2.75, 3.05) is 17.7 Å². The Morgan fingerprint density at radius 3 is 2.44 bits per heavy atom. The van der Waals surface area contributed by atoms with E-state index < -0.39 is 17.5 Å². The van der Waals surface area contributed by atoms with Crippen molar-refractivity contribution in [3.8, 4) is 11.5 Å². The van der Waals surface area contributed by atoms with E-state index in [-0.39, 0.29) is 23.0 Å². The molecule has 0 unspecified atom stereocenters. The number of urea groups is 1. The first-order valence-electron chi connectivity index (χ1n) is 9.69. The van der Waals surface area contributed by atoms with Crippen LogP contribution in [0.5, 0.6) is 11.5 Å². The molecule has 0 saturated carbocycles.